The van der Waals surface area contributed by atoms with Crippen LogP contribution in [0, 0.1) is 0 Å². The summed E-state index contributed by atoms with van der Waals surface area (Å²) in [6.07, 6.45) is 1.69. The maximum absolute atomic E-state index is 5.92. The summed E-state index contributed by atoms with van der Waals surface area (Å²) in [7, 11) is 1.89. The Morgan fingerprint density at radius 1 is 1.06 bits per heavy atom. The van der Waals surface area contributed by atoms with Crippen molar-refractivity contribution in [3.05, 3.63) is 40.9 Å². The van der Waals surface area contributed by atoms with Crippen molar-refractivity contribution in [2.45, 2.75) is 0 Å². The SMILES string of the molecule is Cn1cnc2nc(Cl)nc(-c3ccc(Cl)cc3)c21. The number of aryl methyl sites for hydroxylation is 1. The van der Waals surface area contributed by atoms with E-state index in [1.54, 1.807) is 6.33 Å². The van der Waals surface area contributed by atoms with Crippen LogP contribution in [0.15, 0.2) is 30.6 Å². The van der Waals surface area contributed by atoms with Crippen LogP contribution < -0.4 is 0 Å². The molecule has 0 spiro atoms. The van der Waals surface area contributed by atoms with Gasteiger partial charge in [0.05, 0.1) is 6.33 Å². The van der Waals surface area contributed by atoms with Crippen LogP contribution in [-0.4, -0.2) is 19.5 Å². The van der Waals surface area contributed by atoms with Crippen molar-refractivity contribution >= 4 is 34.4 Å². The van der Waals surface area contributed by atoms with Gasteiger partial charge in [0.1, 0.15) is 11.2 Å². The monoisotopic (exact) mass is 278 g/mol. The molecule has 0 saturated heterocycles. The molecule has 0 aliphatic rings. The second kappa shape index (κ2) is 4.23. The highest BCUT2D eigenvalue weighted by Crippen LogP contribution is 2.27. The lowest BCUT2D eigenvalue weighted by Gasteiger charge is -2.05. The van der Waals surface area contributed by atoms with Gasteiger partial charge in [0, 0.05) is 17.6 Å². The van der Waals surface area contributed by atoms with Crippen molar-refractivity contribution in [3.8, 4) is 11.3 Å². The number of benzene rings is 1. The summed E-state index contributed by atoms with van der Waals surface area (Å²) in [5.41, 5.74) is 3.11. The summed E-state index contributed by atoms with van der Waals surface area (Å²) < 4.78 is 1.87. The first-order valence-corrected chi connectivity index (χ1v) is 6.01. The maximum Gasteiger partial charge on any atom is 0.225 e. The number of nitrogens with zero attached hydrogens (tertiary/aromatic N) is 4. The molecular weight excluding hydrogens is 271 g/mol. The first kappa shape index (κ1) is 11.4. The molecule has 0 unspecified atom stereocenters. The fourth-order valence-electron chi connectivity index (χ4n) is 1.84. The van der Waals surface area contributed by atoms with Crippen molar-refractivity contribution in [1.29, 1.82) is 0 Å². The quantitative estimate of drug-likeness (QED) is 0.642. The van der Waals surface area contributed by atoms with Gasteiger partial charge in [-0.2, -0.15) is 4.98 Å². The second-order valence-electron chi connectivity index (χ2n) is 3.88. The lowest BCUT2D eigenvalue weighted by Crippen LogP contribution is -1.94. The fraction of sp³-hybridized carbons (Fsp3) is 0.0833. The van der Waals surface area contributed by atoms with E-state index < -0.39 is 0 Å². The molecule has 6 heteroatoms. The summed E-state index contributed by atoms with van der Waals surface area (Å²) in [4.78, 5) is 12.6. The van der Waals surface area contributed by atoms with E-state index in [2.05, 4.69) is 15.0 Å². The number of hydrogen-bond donors (Lipinski definition) is 0. The zero-order valence-electron chi connectivity index (χ0n) is 9.43. The Kier molecular flexibility index (Phi) is 2.69. The van der Waals surface area contributed by atoms with Gasteiger partial charge in [0.15, 0.2) is 5.65 Å². The minimum atomic E-state index is 0.186. The molecule has 0 N–H and O–H groups in total. The Bertz CT molecular complexity index is 719. The normalized spacial score (nSPS) is 11.1. The minimum absolute atomic E-state index is 0.186. The number of hydrogen-bond acceptors (Lipinski definition) is 3. The molecule has 1 aromatic carbocycles. The largest absolute Gasteiger partial charge is 0.331 e. The Hall–Kier alpha value is -1.65. The standard InChI is InChI=1S/C12H8Cl2N4/c1-18-6-15-11-10(18)9(16-12(14)17-11)7-2-4-8(13)5-3-7/h2-6H,1H3. The maximum atomic E-state index is 5.92. The van der Waals surface area contributed by atoms with Crippen LogP contribution in [0.5, 0.6) is 0 Å². The molecule has 18 heavy (non-hydrogen) atoms. The highest BCUT2D eigenvalue weighted by Gasteiger charge is 2.12. The first-order valence-electron chi connectivity index (χ1n) is 5.25. The van der Waals surface area contributed by atoms with Crippen LogP contribution in [-0.2, 0) is 7.05 Å². The first-order chi connectivity index (χ1) is 8.65. The molecule has 0 bridgehead atoms. The van der Waals surface area contributed by atoms with Gasteiger partial charge in [-0.25, -0.2) is 9.97 Å². The van der Waals surface area contributed by atoms with Gasteiger partial charge in [-0.1, -0.05) is 23.7 Å². The Morgan fingerprint density at radius 2 is 1.78 bits per heavy atom. The molecule has 0 aliphatic carbocycles. The number of fused-ring (bicyclic) bond motifs is 1. The van der Waals surface area contributed by atoms with Crippen molar-refractivity contribution < 1.29 is 0 Å². The number of imidazole rings is 1. The van der Waals surface area contributed by atoms with Crippen molar-refractivity contribution in [2.24, 2.45) is 7.05 Å². The molecule has 0 amide bonds. The van der Waals surface area contributed by atoms with Gasteiger partial charge in [-0.05, 0) is 23.7 Å². The van der Waals surface area contributed by atoms with E-state index in [0.29, 0.717) is 10.7 Å². The lowest BCUT2D eigenvalue weighted by molar-refractivity contribution is 0.945. The molecule has 3 rings (SSSR count). The summed E-state index contributed by atoms with van der Waals surface area (Å²) in [5, 5.41) is 0.867. The molecule has 90 valence electrons. The molecule has 0 fully saturated rings. The molecule has 0 aliphatic heterocycles. The van der Waals surface area contributed by atoms with E-state index in [1.807, 2.05) is 35.9 Å². The van der Waals surface area contributed by atoms with Gasteiger partial charge in [0.25, 0.3) is 0 Å². The third-order valence-electron chi connectivity index (χ3n) is 2.66. The summed E-state index contributed by atoms with van der Waals surface area (Å²) in [5.74, 6) is 0. The van der Waals surface area contributed by atoms with Crippen LogP contribution in [0.1, 0.15) is 0 Å². The fourth-order valence-corrected chi connectivity index (χ4v) is 2.13. The highest BCUT2D eigenvalue weighted by atomic mass is 35.5. The van der Waals surface area contributed by atoms with Crippen molar-refractivity contribution in [1.82, 2.24) is 19.5 Å². The van der Waals surface area contributed by atoms with Crippen LogP contribution >= 0.6 is 23.2 Å². The molecule has 2 aromatic heterocycles. The Balaban J connectivity index is 2.33. The average Bonchev–Trinajstić information content (AvgIpc) is 2.71. The topological polar surface area (TPSA) is 43.6 Å². The molecule has 0 saturated carbocycles. The van der Waals surface area contributed by atoms with Gasteiger partial charge in [-0.15, -0.1) is 0 Å². The predicted molar refractivity (Wildman–Crippen MR) is 71.8 cm³/mol. The van der Waals surface area contributed by atoms with Crippen LogP contribution in [0.4, 0.5) is 0 Å². The molecule has 0 atom stereocenters. The van der Waals surface area contributed by atoms with Crippen molar-refractivity contribution in [2.75, 3.05) is 0 Å². The smallest absolute Gasteiger partial charge is 0.225 e. The number of halogens is 2. The van der Waals surface area contributed by atoms with Crippen LogP contribution in [0.3, 0.4) is 0 Å². The Morgan fingerprint density at radius 3 is 2.50 bits per heavy atom. The predicted octanol–water partition coefficient (Wildman–Crippen LogP) is 3.34. The molecule has 3 aromatic rings. The highest BCUT2D eigenvalue weighted by molar-refractivity contribution is 6.30. The molecule has 2 heterocycles. The van der Waals surface area contributed by atoms with Crippen LogP contribution in [0.2, 0.25) is 10.3 Å². The lowest BCUT2D eigenvalue weighted by atomic mass is 10.1. The summed E-state index contributed by atoms with van der Waals surface area (Å²) >= 11 is 11.8. The van der Waals surface area contributed by atoms with E-state index in [0.717, 1.165) is 16.8 Å². The van der Waals surface area contributed by atoms with Gasteiger partial charge in [-0.3, -0.25) is 0 Å². The minimum Gasteiger partial charge on any atom is -0.331 e. The molecule has 0 radical (unpaired) electrons. The summed E-state index contributed by atoms with van der Waals surface area (Å²) in [6, 6.07) is 7.42. The van der Waals surface area contributed by atoms with E-state index >= 15 is 0 Å². The average molecular weight is 279 g/mol. The van der Waals surface area contributed by atoms with Gasteiger partial charge < -0.3 is 4.57 Å². The number of aromatic nitrogens is 4. The molecule has 4 nitrogen and oxygen atoms in total. The van der Waals surface area contributed by atoms with E-state index in [-0.39, 0.29) is 5.28 Å². The van der Waals surface area contributed by atoms with Crippen LogP contribution in [0.25, 0.3) is 22.4 Å². The van der Waals surface area contributed by atoms with Gasteiger partial charge in [0.2, 0.25) is 5.28 Å². The second-order valence-corrected chi connectivity index (χ2v) is 4.65. The zero-order valence-corrected chi connectivity index (χ0v) is 10.9. The Labute approximate surface area is 113 Å². The molecular formula is C12H8Cl2N4. The number of rotatable bonds is 1. The van der Waals surface area contributed by atoms with Gasteiger partial charge >= 0.3 is 0 Å². The third kappa shape index (κ3) is 1.83. The van der Waals surface area contributed by atoms with E-state index in [9.17, 15) is 0 Å². The third-order valence-corrected chi connectivity index (χ3v) is 3.08. The van der Waals surface area contributed by atoms with Crippen molar-refractivity contribution in [3.63, 3.8) is 0 Å². The zero-order chi connectivity index (χ0) is 12.7. The summed E-state index contributed by atoms with van der Waals surface area (Å²) in [6.45, 7) is 0. The van der Waals surface area contributed by atoms with E-state index in [4.69, 9.17) is 23.2 Å². The van der Waals surface area contributed by atoms with E-state index in [1.165, 1.54) is 0 Å².